The Bertz CT molecular complexity index is 6.00. The maximum absolute atomic E-state index is 3.15. The third kappa shape index (κ3) is 16.0. The molecule has 0 fully saturated rings. The first-order chi connectivity index (χ1) is 1.41. The summed E-state index contributed by atoms with van der Waals surface area (Å²) >= 11 is 3.15. The van der Waals surface area contributed by atoms with Gasteiger partial charge in [0.1, 0.15) is 0 Å². The Morgan fingerprint density at radius 1 is 1.75 bits per heavy atom. The second-order valence-corrected chi connectivity index (χ2v) is 1.39. The number of halogens is 1. The monoisotopic (exact) mass is 140 g/mol. The van der Waals surface area contributed by atoms with Gasteiger partial charge in [-0.15, -0.1) is 0 Å². The minimum Gasteiger partial charge on any atom is -0.0931 e. The zero-order valence-corrected chi connectivity index (χ0v) is 3.67. The predicted octanol–water partition coefficient (Wildman–Crippen LogP) is -0.0504. The highest BCUT2D eigenvalue weighted by Gasteiger charge is 1.38. The molecule has 0 aliphatic carbocycles. The highest BCUT2D eigenvalue weighted by molar-refractivity contribution is 9.09. The van der Waals surface area contributed by atoms with Crippen LogP contribution < -0.4 is 0 Å². The topological polar surface area (TPSA) is 0 Å². The van der Waals surface area contributed by atoms with Gasteiger partial charge in [0.2, 0.25) is 0 Å². The van der Waals surface area contributed by atoms with Gasteiger partial charge in [-0.25, -0.2) is 0 Å². The molecule has 0 bridgehead atoms. The Labute approximate surface area is 39.7 Å². The largest absolute Gasteiger partial charge is 0.0931 e. The Morgan fingerprint density at radius 2 is 1.75 bits per heavy atom. The van der Waals surface area contributed by atoms with E-state index in [0.717, 1.165) is 5.33 Å². The van der Waals surface area contributed by atoms with Crippen LogP contribution in [-0.4, -0.2) is 16.3 Å². The van der Waals surface area contributed by atoms with Crippen molar-refractivity contribution in [2.45, 2.75) is 6.92 Å². The lowest BCUT2D eigenvalue weighted by atomic mass is 11.0. The van der Waals surface area contributed by atoms with Gasteiger partial charge in [0.25, 0.3) is 0 Å². The van der Waals surface area contributed by atoms with E-state index in [0.29, 0.717) is 0 Å². The fourth-order valence-corrected chi connectivity index (χ4v) is 0. The summed E-state index contributed by atoms with van der Waals surface area (Å²) in [5.41, 5.74) is 0. The molecule has 0 heterocycles. The fraction of sp³-hybridized carbons (Fsp3) is 1.00. The standard InChI is InChI=1S/C2H5Br.H4Si/c1-2-3;/h2H2,1H3;1H4. The van der Waals surface area contributed by atoms with Crippen molar-refractivity contribution in [3.63, 3.8) is 0 Å². The van der Waals surface area contributed by atoms with Crippen LogP contribution in [0.2, 0.25) is 0 Å². The Morgan fingerprint density at radius 3 is 1.75 bits per heavy atom. The summed E-state index contributed by atoms with van der Waals surface area (Å²) in [7, 11) is 0. The van der Waals surface area contributed by atoms with Crippen LogP contribution in [0.15, 0.2) is 0 Å². The molecule has 0 aliphatic rings. The zero-order chi connectivity index (χ0) is 2.71. The summed E-state index contributed by atoms with van der Waals surface area (Å²) in [4.78, 5) is 0. The molecule has 0 amide bonds. The highest BCUT2D eigenvalue weighted by Crippen LogP contribution is 1.67. The average molecular weight is 141 g/mol. The van der Waals surface area contributed by atoms with Crippen LogP contribution in [0.5, 0.6) is 0 Å². The van der Waals surface area contributed by atoms with Crippen molar-refractivity contribution in [3.8, 4) is 0 Å². The van der Waals surface area contributed by atoms with Crippen molar-refractivity contribution in [2.24, 2.45) is 0 Å². The molecule has 0 unspecified atom stereocenters. The molecule has 0 N–H and O–H groups in total. The number of hydrogen-bond acceptors (Lipinski definition) is 0. The highest BCUT2D eigenvalue weighted by atomic mass is 79.9. The van der Waals surface area contributed by atoms with Gasteiger partial charge in [-0.05, 0) is 11.0 Å². The van der Waals surface area contributed by atoms with Crippen LogP contribution in [0.1, 0.15) is 6.92 Å². The molecule has 0 aromatic rings. The van der Waals surface area contributed by atoms with E-state index in [2.05, 4.69) is 15.9 Å². The van der Waals surface area contributed by atoms with E-state index < -0.39 is 0 Å². The van der Waals surface area contributed by atoms with Gasteiger partial charge in [-0.3, -0.25) is 0 Å². The van der Waals surface area contributed by atoms with Gasteiger partial charge >= 0.3 is 0 Å². The van der Waals surface area contributed by atoms with E-state index in [1.165, 1.54) is 0 Å². The smallest absolute Gasteiger partial charge is 0.000281 e. The van der Waals surface area contributed by atoms with Gasteiger partial charge in [0.15, 0.2) is 0 Å². The van der Waals surface area contributed by atoms with Crippen molar-refractivity contribution in [1.29, 1.82) is 0 Å². The number of hydrogen-bond donors (Lipinski definition) is 0. The molecule has 2 heteroatoms. The van der Waals surface area contributed by atoms with Crippen LogP contribution >= 0.6 is 15.9 Å². The van der Waals surface area contributed by atoms with E-state index in [1.54, 1.807) is 0 Å². The van der Waals surface area contributed by atoms with E-state index in [1.807, 2.05) is 6.92 Å². The summed E-state index contributed by atoms with van der Waals surface area (Å²) in [5, 5.41) is 1.06. The maximum atomic E-state index is 3.15. The minimum atomic E-state index is 0. The molecule has 28 valence electrons. The molecule has 0 saturated heterocycles. The van der Waals surface area contributed by atoms with E-state index in [9.17, 15) is 0 Å². The molecule has 0 radical (unpaired) electrons. The van der Waals surface area contributed by atoms with Gasteiger partial charge in [-0.2, -0.15) is 0 Å². The van der Waals surface area contributed by atoms with Crippen molar-refractivity contribution >= 4 is 26.9 Å². The summed E-state index contributed by atoms with van der Waals surface area (Å²) in [6, 6.07) is 0. The summed E-state index contributed by atoms with van der Waals surface area (Å²) in [6.45, 7) is 2.04. The molecule has 0 nitrogen and oxygen atoms in total. The molecule has 0 aromatic carbocycles. The van der Waals surface area contributed by atoms with Gasteiger partial charge in [-0.1, -0.05) is 22.9 Å². The third-order valence-electron chi connectivity index (χ3n) is 0. The number of rotatable bonds is 0. The molecule has 0 aliphatic heterocycles. The molecule has 0 atom stereocenters. The van der Waals surface area contributed by atoms with Gasteiger partial charge in [0.05, 0.1) is 0 Å². The Kier molecular flexibility index (Phi) is 20.6. The van der Waals surface area contributed by atoms with Crippen molar-refractivity contribution in [2.75, 3.05) is 5.33 Å². The van der Waals surface area contributed by atoms with Gasteiger partial charge in [0, 0.05) is 5.33 Å². The lowest BCUT2D eigenvalue weighted by Gasteiger charge is -1.45. The molecule has 0 saturated carbocycles. The fourth-order valence-electron chi connectivity index (χ4n) is 0. The normalized spacial score (nSPS) is 4.50. The molecule has 0 rings (SSSR count). The number of alkyl halides is 1. The van der Waals surface area contributed by atoms with Crippen LogP contribution in [0.4, 0.5) is 0 Å². The first-order valence-electron chi connectivity index (χ1n) is 0.974. The van der Waals surface area contributed by atoms with Crippen LogP contribution in [-0.2, 0) is 0 Å². The first-order valence-corrected chi connectivity index (χ1v) is 2.10. The van der Waals surface area contributed by atoms with E-state index >= 15 is 0 Å². The lowest BCUT2D eigenvalue weighted by Crippen LogP contribution is -1.34. The molecule has 0 aromatic heterocycles. The van der Waals surface area contributed by atoms with Crippen LogP contribution in [0.3, 0.4) is 0 Å². The summed E-state index contributed by atoms with van der Waals surface area (Å²) in [6.07, 6.45) is 0. The Hall–Kier alpha value is 0.697. The summed E-state index contributed by atoms with van der Waals surface area (Å²) < 4.78 is 0. The van der Waals surface area contributed by atoms with E-state index in [-0.39, 0.29) is 11.0 Å². The second-order valence-electron chi connectivity index (χ2n) is 0.267. The van der Waals surface area contributed by atoms with Gasteiger partial charge < -0.3 is 0 Å². The van der Waals surface area contributed by atoms with Crippen LogP contribution in [0, 0.1) is 0 Å². The summed E-state index contributed by atoms with van der Waals surface area (Å²) in [5.74, 6) is 0. The average Bonchev–Trinajstić information content (AvgIpc) is 0.918. The molecule has 4 heavy (non-hydrogen) atoms. The zero-order valence-electron chi connectivity index (χ0n) is 2.09. The lowest BCUT2D eigenvalue weighted by molar-refractivity contribution is 1.56. The molecular weight excluding hydrogens is 132 g/mol. The SMILES string of the molecule is CCBr.[SiH4]. The quantitative estimate of drug-likeness (QED) is 0.327. The van der Waals surface area contributed by atoms with Crippen LogP contribution in [0.25, 0.3) is 0 Å². The van der Waals surface area contributed by atoms with Crippen molar-refractivity contribution < 1.29 is 0 Å². The van der Waals surface area contributed by atoms with E-state index in [4.69, 9.17) is 0 Å². The predicted molar refractivity (Wildman–Crippen MR) is 30.8 cm³/mol. The maximum Gasteiger partial charge on any atom is 0.000281 e. The third-order valence-corrected chi connectivity index (χ3v) is 0. The molecule has 0 spiro atoms. The Balaban J connectivity index is 0. The second kappa shape index (κ2) is 9.34. The minimum absolute atomic E-state index is 0. The molecular formula is C2H9BrSi. The van der Waals surface area contributed by atoms with Crippen molar-refractivity contribution in [1.82, 2.24) is 0 Å². The first kappa shape index (κ1) is 8.83. The van der Waals surface area contributed by atoms with Crippen molar-refractivity contribution in [3.05, 3.63) is 0 Å².